The highest BCUT2D eigenvalue weighted by atomic mass is 14.9. The highest BCUT2D eigenvalue weighted by Gasteiger charge is 2.11. The van der Waals surface area contributed by atoms with Gasteiger partial charge in [-0.15, -0.1) is 12.3 Å². The van der Waals surface area contributed by atoms with Gasteiger partial charge in [-0.3, -0.25) is 0 Å². The van der Waals surface area contributed by atoms with Crippen LogP contribution >= 0.6 is 0 Å². The van der Waals surface area contributed by atoms with Gasteiger partial charge in [-0.1, -0.05) is 31.2 Å². The molecule has 3 N–H and O–H groups in total. The van der Waals surface area contributed by atoms with Gasteiger partial charge in [0.2, 0.25) is 0 Å². The van der Waals surface area contributed by atoms with Crippen molar-refractivity contribution in [3.63, 3.8) is 0 Å². The molecule has 0 radical (unpaired) electrons. The van der Waals surface area contributed by atoms with Gasteiger partial charge >= 0.3 is 0 Å². The lowest BCUT2D eigenvalue weighted by Crippen LogP contribution is -2.29. The third-order valence-corrected chi connectivity index (χ3v) is 2.71. The van der Waals surface area contributed by atoms with Crippen molar-refractivity contribution >= 4 is 0 Å². The van der Waals surface area contributed by atoms with E-state index < -0.39 is 0 Å². The number of terminal acetylenes is 1. The zero-order valence-electron chi connectivity index (χ0n) is 9.87. The summed E-state index contributed by atoms with van der Waals surface area (Å²) in [6.45, 7) is 3.58. The Morgan fingerprint density at radius 1 is 1.44 bits per heavy atom. The van der Waals surface area contributed by atoms with E-state index in [9.17, 15) is 0 Å². The van der Waals surface area contributed by atoms with Gasteiger partial charge in [0.1, 0.15) is 0 Å². The van der Waals surface area contributed by atoms with Gasteiger partial charge < -0.3 is 11.1 Å². The van der Waals surface area contributed by atoms with Crippen LogP contribution in [0.25, 0.3) is 0 Å². The predicted octanol–water partition coefficient (Wildman–Crippen LogP) is 1.86. The molecule has 1 aromatic rings. The zero-order chi connectivity index (χ0) is 11.8. The highest BCUT2D eigenvalue weighted by molar-refractivity contribution is 5.30. The lowest BCUT2D eigenvalue weighted by atomic mass is 9.98. The van der Waals surface area contributed by atoms with Crippen LogP contribution in [-0.2, 0) is 6.42 Å². The normalized spacial score (nSPS) is 12.1. The average Bonchev–Trinajstić information content (AvgIpc) is 2.35. The van der Waals surface area contributed by atoms with Gasteiger partial charge in [0.15, 0.2) is 0 Å². The topological polar surface area (TPSA) is 38.0 Å². The molecule has 0 aliphatic carbocycles. The molecule has 0 fully saturated rings. The molecule has 0 spiro atoms. The largest absolute Gasteiger partial charge is 0.329 e. The molecule has 2 nitrogen and oxygen atoms in total. The summed E-state index contributed by atoms with van der Waals surface area (Å²) in [5.74, 6) is 2.62. The number of hydrogen-bond donors (Lipinski definition) is 2. The van der Waals surface area contributed by atoms with Crippen LogP contribution in [0, 0.1) is 12.3 Å². The number of nitrogens with two attached hydrogens (primary N) is 1. The SMILES string of the molecule is C#CCCNC(CN)c1ccccc1CC. The minimum absolute atomic E-state index is 0.212. The molecule has 1 aromatic carbocycles. The standard InChI is InChI=1S/C14H20N2/c1-3-5-10-16-14(11-15)13-9-7-6-8-12(13)4-2/h1,6-9,14,16H,4-5,10-11,15H2,2H3. The number of nitrogens with one attached hydrogen (secondary N) is 1. The van der Waals surface area contributed by atoms with Crippen LogP contribution < -0.4 is 11.1 Å². The predicted molar refractivity (Wildman–Crippen MR) is 69.1 cm³/mol. The minimum Gasteiger partial charge on any atom is -0.329 e. The second kappa shape index (κ2) is 7.05. The van der Waals surface area contributed by atoms with Gasteiger partial charge in [-0.05, 0) is 17.5 Å². The third-order valence-electron chi connectivity index (χ3n) is 2.71. The Labute approximate surface area is 98.2 Å². The number of hydrogen-bond acceptors (Lipinski definition) is 2. The minimum atomic E-state index is 0.212. The van der Waals surface area contributed by atoms with E-state index in [2.05, 4.69) is 42.4 Å². The van der Waals surface area contributed by atoms with Crippen LogP contribution in [0.2, 0.25) is 0 Å². The Hall–Kier alpha value is -1.30. The molecule has 86 valence electrons. The number of aryl methyl sites for hydroxylation is 1. The smallest absolute Gasteiger partial charge is 0.0447 e. The summed E-state index contributed by atoms with van der Waals surface area (Å²) < 4.78 is 0. The molecule has 0 aliphatic rings. The first kappa shape index (κ1) is 12.8. The second-order valence-corrected chi connectivity index (χ2v) is 3.75. The Kier molecular flexibility index (Phi) is 5.63. The van der Waals surface area contributed by atoms with Crippen LogP contribution in [0.5, 0.6) is 0 Å². The molecule has 0 amide bonds. The van der Waals surface area contributed by atoms with Crippen LogP contribution in [0.4, 0.5) is 0 Å². The van der Waals surface area contributed by atoms with Crippen molar-refractivity contribution in [3.05, 3.63) is 35.4 Å². The summed E-state index contributed by atoms with van der Waals surface area (Å²) in [5.41, 5.74) is 8.45. The average molecular weight is 216 g/mol. The second-order valence-electron chi connectivity index (χ2n) is 3.75. The molecule has 1 unspecified atom stereocenters. The van der Waals surface area contributed by atoms with E-state index in [1.165, 1.54) is 11.1 Å². The first-order valence-corrected chi connectivity index (χ1v) is 5.78. The lowest BCUT2D eigenvalue weighted by Gasteiger charge is -2.19. The van der Waals surface area contributed by atoms with Crippen molar-refractivity contribution < 1.29 is 0 Å². The summed E-state index contributed by atoms with van der Waals surface area (Å²) in [6.07, 6.45) is 7.00. The van der Waals surface area contributed by atoms with Crippen LogP contribution in [0.15, 0.2) is 24.3 Å². The lowest BCUT2D eigenvalue weighted by molar-refractivity contribution is 0.547. The van der Waals surface area contributed by atoms with Gasteiger partial charge in [-0.25, -0.2) is 0 Å². The van der Waals surface area contributed by atoms with Crippen molar-refractivity contribution in [1.82, 2.24) is 5.32 Å². The van der Waals surface area contributed by atoms with E-state index in [-0.39, 0.29) is 6.04 Å². The maximum atomic E-state index is 5.80. The molecule has 0 saturated carbocycles. The first-order valence-electron chi connectivity index (χ1n) is 5.78. The summed E-state index contributed by atoms with van der Waals surface area (Å²) >= 11 is 0. The van der Waals surface area contributed by atoms with E-state index in [4.69, 9.17) is 12.2 Å². The Morgan fingerprint density at radius 2 is 2.19 bits per heavy atom. The van der Waals surface area contributed by atoms with Crippen molar-refractivity contribution in [2.24, 2.45) is 5.73 Å². The van der Waals surface area contributed by atoms with Crippen LogP contribution in [-0.4, -0.2) is 13.1 Å². The fourth-order valence-electron chi connectivity index (χ4n) is 1.83. The molecular weight excluding hydrogens is 196 g/mol. The summed E-state index contributed by atoms with van der Waals surface area (Å²) in [6, 6.07) is 8.63. The molecule has 0 saturated heterocycles. The summed E-state index contributed by atoms with van der Waals surface area (Å²) in [4.78, 5) is 0. The highest BCUT2D eigenvalue weighted by Crippen LogP contribution is 2.17. The first-order chi connectivity index (χ1) is 7.83. The van der Waals surface area contributed by atoms with E-state index in [1.54, 1.807) is 0 Å². The fraction of sp³-hybridized carbons (Fsp3) is 0.429. The quantitative estimate of drug-likeness (QED) is 0.562. The molecule has 16 heavy (non-hydrogen) atoms. The van der Waals surface area contributed by atoms with Crippen molar-refractivity contribution in [2.75, 3.05) is 13.1 Å². The Balaban J connectivity index is 2.74. The molecule has 2 heteroatoms. The number of rotatable bonds is 6. The van der Waals surface area contributed by atoms with E-state index in [0.717, 1.165) is 19.4 Å². The Bertz CT molecular complexity index is 352. The molecule has 1 atom stereocenters. The maximum Gasteiger partial charge on any atom is 0.0447 e. The summed E-state index contributed by atoms with van der Waals surface area (Å²) in [5, 5.41) is 3.39. The molecule has 0 aromatic heterocycles. The Morgan fingerprint density at radius 3 is 2.81 bits per heavy atom. The van der Waals surface area contributed by atoms with Gasteiger partial charge in [0.25, 0.3) is 0 Å². The van der Waals surface area contributed by atoms with Crippen molar-refractivity contribution in [3.8, 4) is 12.3 Å². The molecular formula is C14H20N2. The monoisotopic (exact) mass is 216 g/mol. The van der Waals surface area contributed by atoms with Gasteiger partial charge in [0.05, 0.1) is 0 Å². The zero-order valence-corrected chi connectivity index (χ0v) is 9.87. The third kappa shape index (κ3) is 3.37. The van der Waals surface area contributed by atoms with Crippen molar-refractivity contribution in [2.45, 2.75) is 25.8 Å². The van der Waals surface area contributed by atoms with Gasteiger partial charge in [0, 0.05) is 25.6 Å². The van der Waals surface area contributed by atoms with Crippen molar-refractivity contribution in [1.29, 1.82) is 0 Å². The molecule has 0 bridgehead atoms. The molecule has 0 aliphatic heterocycles. The summed E-state index contributed by atoms with van der Waals surface area (Å²) in [7, 11) is 0. The van der Waals surface area contributed by atoms with Crippen LogP contribution in [0.1, 0.15) is 30.5 Å². The number of benzene rings is 1. The fourth-order valence-corrected chi connectivity index (χ4v) is 1.83. The van der Waals surface area contributed by atoms with Gasteiger partial charge in [-0.2, -0.15) is 0 Å². The van der Waals surface area contributed by atoms with E-state index in [1.807, 2.05) is 0 Å². The van der Waals surface area contributed by atoms with E-state index in [0.29, 0.717) is 6.54 Å². The molecule has 0 heterocycles. The molecule has 1 rings (SSSR count). The van der Waals surface area contributed by atoms with Crippen LogP contribution in [0.3, 0.4) is 0 Å². The maximum absolute atomic E-state index is 5.80. The van der Waals surface area contributed by atoms with E-state index >= 15 is 0 Å².